The van der Waals surface area contributed by atoms with Gasteiger partial charge in [0.15, 0.2) is 11.0 Å². The van der Waals surface area contributed by atoms with Gasteiger partial charge in [0.2, 0.25) is 5.91 Å². The first-order valence-corrected chi connectivity index (χ1v) is 11.1. The Bertz CT molecular complexity index is 1200. The number of benzene rings is 3. The average molecular weight is 449 g/mol. The van der Waals surface area contributed by atoms with Crippen LogP contribution in [-0.4, -0.2) is 33.0 Å². The smallest absolute Gasteiger partial charge is 0.234 e. The number of nitrogens with zero attached hydrogens (tertiary/aromatic N) is 3. The maximum Gasteiger partial charge on any atom is 0.234 e. The minimum atomic E-state index is -0.477. The SMILES string of the molecule is CCOc1ccc(-n2c(SCC(=O)Nc3ccccc3F)nnc2-c2ccccc2)cc1. The summed E-state index contributed by atoms with van der Waals surface area (Å²) in [4.78, 5) is 12.4. The van der Waals surface area contributed by atoms with E-state index in [0.717, 1.165) is 17.0 Å². The van der Waals surface area contributed by atoms with Gasteiger partial charge in [0.1, 0.15) is 11.6 Å². The number of hydrogen-bond acceptors (Lipinski definition) is 5. The van der Waals surface area contributed by atoms with Crippen LogP contribution >= 0.6 is 11.8 Å². The predicted molar refractivity (Wildman–Crippen MR) is 124 cm³/mol. The first kappa shape index (κ1) is 21.6. The van der Waals surface area contributed by atoms with E-state index in [0.29, 0.717) is 17.6 Å². The normalized spacial score (nSPS) is 10.7. The average Bonchev–Trinajstić information content (AvgIpc) is 3.24. The van der Waals surface area contributed by atoms with Gasteiger partial charge in [0, 0.05) is 11.3 Å². The molecule has 0 aliphatic rings. The van der Waals surface area contributed by atoms with Crippen molar-refractivity contribution >= 4 is 23.4 Å². The molecule has 8 heteroatoms. The summed E-state index contributed by atoms with van der Waals surface area (Å²) in [5, 5.41) is 11.8. The van der Waals surface area contributed by atoms with E-state index in [1.165, 1.54) is 23.9 Å². The number of nitrogens with one attached hydrogen (secondary N) is 1. The third kappa shape index (κ3) is 4.97. The third-order valence-electron chi connectivity index (χ3n) is 4.55. The highest BCUT2D eigenvalue weighted by molar-refractivity contribution is 7.99. The number of rotatable bonds is 8. The number of aromatic nitrogens is 3. The van der Waals surface area contributed by atoms with Crippen LogP contribution in [0.4, 0.5) is 10.1 Å². The molecule has 4 rings (SSSR count). The summed E-state index contributed by atoms with van der Waals surface area (Å²) >= 11 is 1.23. The van der Waals surface area contributed by atoms with Crippen molar-refractivity contribution in [3.8, 4) is 22.8 Å². The van der Waals surface area contributed by atoms with Crippen LogP contribution in [0.15, 0.2) is 84.0 Å². The largest absolute Gasteiger partial charge is 0.494 e. The highest BCUT2D eigenvalue weighted by Crippen LogP contribution is 2.29. The number of halogens is 1. The standard InChI is InChI=1S/C24H21FN4O2S/c1-2-31-19-14-12-18(13-15-19)29-23(17-8-4-3-5-9-17)27-28-24(29)32-16-22(30)26-21-11-7-6-10-20(21)25/h3-15H,2,16H2,1H3,(H,26,30). The zero-order chi connectivity index (χ0) is 22.3. The summed E-state index contributed by atoms with van der Waals surface area (Å²) in [6.07, 6.45) is 0. The van der Waals surface area contributed by atoms with Crippen LogP contribution in [0.5, 0.6) is 5.75 Å². The van der Waals surface area contributed by atoms with Crippen molar-refractivity contribution in [3.63, 3.8) is 0 Å². The van der Waals surface area contributed by atoms with Gasteiger partial charge in [-0.05, 0) is 43.3 Å². The lowest BCUT2D eigenvalue weighted by Gasteiger charge is -2.12. The van der Waals surface area contributed by atoms with Gasteiger partial charge in [-0.2, -0.15) is 0 Å². The van der Waals surface area contributed by atoms with Gasteiger partial charge < -0.3 is 10.1 Å². The summed E-state index contributed by atoms with van der Waals surface area (Å²) in [5.74, 6) is 0.673. The second kappa shape index (κ2) is 10.1. The molecule has 3 aromatic carbocycles. The monoisotopic (exact) mass is 448 g/mol. The van der Waals surface area contributed by atoms with Gasteiger partial charge in [-0.25, -0.2) is 4.39 Å². The molecule has 0 spiro atoms. The van der Waals surface area contributed by atoms with Crippen LogP contribution in [0, 0.1) is 5.82 Å². The number of thioether (sulfide) groups is 1. The molecule has 0 aliphatic heterocycles. The zero-order valence-electron chi connectivity index (χ0n) is 17.4. The van der Waals surface area contributed by atoms with E-state index < -0.39 is 5.82 Å². The number of carbonyl (C=O) groups is 1. The molecular weight excluding hydrogens is 427 g/mol. The second-order valence-electron chi connectivity index (χ2n) is 6.75. The molecule has 162 valence electrons. The number of ether oxygens (including phenoxy) is 1. The number of para-hydroxylation sites is 1. The van der Waals surface area contributed by atoms with Gasteiger partial charge in [0.05, 0.1) is 18.0 Å². The highest BCUT2D eigenvalue weighted by atomic mass is 32.2. The van der Waals surface area contributed by atoms with Crippen molar-refractivity contribution in [2.75, 3.05) is 17.7 Å². The van der Waals surface area contributed by atoms with Gasteiger partial charge in [-0.3, -0.25) is 9.36 Å². The minimum Gasteiger partial charge on any atom is -0.494 e. The van der Waals surface area contributed by atoms with Crippen LogP contribution in [0.25, 0.3) is 17.1 Å². The maximum absolute atomic E-state index is 13.8. The van der Waals surface area contributed by atoms with E-state index in [-0.39, 0.29) is 17.3 Å². The summed E-state index contributed by atoms with van der Waals surface area (Å²) in [5.41, 5.74) is 1.89. The van der Waals surface area contributed by atoms with Crippen molar-refractivity contribution in [2.24, 2.45) is 0 Å². The van der Waals surface area contributed by atoms with Crippen LogP contribution in [0.3, 0.4) is 0 Å². The van der Waals surface area contributed by atoms with Crippen molar-refractivity contribution in [1.29, 1.82) is 0 Å². The van der Waals surface area contributed by atoms with Gasteiger partial charge in [-0.15, -0.1) is 10.2 Å². The van der Waals surface area contributed by atoms with Gasteiger partial charge in [-0.1, -0.05) is 54.2 Å². The molecule has 0 radical (unpaired) electrons. The Hall–Kier alpha value is -3.65. The minimum absolute atomic E-state index is 0.0539. The van der Waals surface area contributed by atoms with Crippen LogP contribution in [-0.2, 0) is 4.79 Å². The Morgan fingerprint density at radius 2 is 1.72 bits per heavy atom. The molecule has 32 heavy (non-hydrogen) atoms. The first-order valence-electron chi connectivity index (χ1n) is 10.1. The first-order chi connectivity index (χ1) is 15.7. The Labute approximate surface area is 189 Å². The molecule has 0 saturated heterocycles. The van der Waals surface area contributed by atoms with Crippen molar-refractivity contribution in [2.45, 2.75) is 12.1 Å². The Morgan fingerprint density at radius 3 is 2.44 bits per heavy atom. The predicted octanol–water partition coefficient (Wildman–Crippen LogP) is 5.20. The molecule has 4 aromatic rings. The molecule has 0 aliphatic carbocycles. The summed E-state index contributed by atoms with van der Waals surface area (Å²) in [6.45, 7) is 2.52. The van der Waals surface area contributed by atoms with E-state index in [1.54, 1.807) is 12.1 Å². The van der Waals surface area contributed by atoms with Crippen molar-refractivity contribution < 1.29 is 13.9 Å². The topological polar surface area (TPSA) is 69.0 Å². The Morgan fingerprint density at radius 1 is 1.00 bits per heavy atom. The fourth-order valence-electron chi connectivity index (χ4n) is 3.11. The summed E-state index contributed by atoms with van der Waals surface area (Å²) < 4.78 is 21.3. The van der Waals surface area contributed by atoms with Gasteiger partial charge >= 0.3 is 0 Å². The fraction of sp³-hybridized carbons (Fsp3) is 0.125. The van der Waals surface area contributed by atoms with E-state index >= 15 is 0 Å². The number of carbonyl (C=O) groups excluding carboxylic acids is 1. The molecule has 6 nitrogen and oxygen atoms in total. The molecule has 0 bridgehead atoms. The molecule has 0 unspecified atom stereocenters. The molecule has 0 atom stereocenters. The molecule has 1 amide bonds. The zero-order valence-corrected chi connectivity index (χ0v) is 18.2. The van der Waals surface area contributed by atoms with E-state index in [2.05, 4.69) is 15.5 Å². The maximum atomic E-state index is 13.8. The molecule has 0 fully saturated rings. The van der Waals surface area contributed by atoms with Crippen molar-refractivity contribution in [1.82, 2.24) is 14.8 Å². The molecule has 1 heterocycles. The van der Waals surface area contributed by atoms with E-state index in [1.807, 2.05) is 66.1 Å². The molecule has 1 aromatic heterocycles. The number of hydrogen-bond donors (Lipinski definition) is 1. The van der Waals surface area contributed by atoms with E-state index in [4.69, 9.17) is 4.74 Å². The molecular formula is C24H21FN4O2S. The second-order valence-corrected chi connectivity index (χ2v) is 7.69. The lowest BCUT2D eigenvalue weighted by molar-refractivity contribution is -0.113. The van der Waals surface area contributed by atoms with Crippen LogP contribution in [0.1, 0.15) is 6.92 Å². The Balaban J connectivity index is 1.60. The van der Waals surface area contributed by atoms with E-state index in [9.17, 15) is 9.18 Å². The lowest BCUT2D eigenvalue weighted by atomic mass is 10.2. The summed E-state index contributed by atoms with van der Waals surface area (Å²) in [6, 6.07) is 23.4. The van der Waals surface area contributed by atoms with Crippen LogP contribution < -0.4 is 10.1 Å². The fourth-order valence-corrected chi connectivity index (χ4v) is 3.86. The number of amides is 1. The van der Waals surface area contributed by atoms with Crippen molar-refractivity contribution in [3.05, 3.63) is 84.7 Å². The molecule has 0 saturated carbocycles. The summed E-state index contributed by atoms with van der Waals surface area (Å²) in [7, 11) is 0. The highest BCUT2D eigenvalue weighted by Gasteiger charge is 2.18. The Kier molecular flexibility index (Phi) is 6.81. The van der Waals surface area contributed by atoms with Crippen LogP contribution in [0.2, 0.25) is 0 Å². The third-order valence-corrected chi connectivity index (χ3v) is 5.48. The lowest BCUT2D eigenvalue weighted by Crippen LogP contribution is -2.15. The number of anilines is 1. The molecule has 1 N–H and O–H groups in total. The van der Waals surface area contributed by atoms with Gasteiger partial charge in [0.25, 0.3) is 0 Å². The quantitative estimate of drug-likeness (QED) is 0.375.